The van der Waals surface area contributed by atoms with Gasteiger partial charge in [-0.1, -0.05) is 40.5 Å². The van der Waals surface area contributed by atoms with Crippen LogP contribution < -0.4 is 9.47 Å². The first-order valence-electron chi connectivity index (χ1n) is 8.63. The minimum absolute atomic E-state index is 0.380. The van der Waals surface area contributed by atoms with E-state index in [0.29, 0.717) is 58.8 Å². The van der Waals surface area contributed by atoms with Gasteiger partial charge in [0, 0.05) is 11.1 Å². The summed E-state index contributed by atoms with van der Waals surface area (Å²) in [5, 5.41) is 18.9. The molecule has 0 aromatic heterocycles. The Morgan fingerprint density at radius 1 is 0.792 bits per heavy atom. The van der Waals surface area contributed by atoms with Crippen molar-refractivity contribution in [3.63, 3.8) is 0 Å². The second-order valence-corrected chi connectivity index (χ2v) is 6.53. The van der Waals surface area contributed by atoms with Crippen molar-refractivity contribution >= 4 is 0 Å². The molecule has 1 aromatic carbocycles. The minimum Gasteiger partial charge on any atom is -0.489 e. The molecule has 130 valence electrons. The topological polar surface area (TPSA) is 66.0 Å². The number of rotatable bonds is 8. The Hall–Kier alpha value is -2.20. The zero-order valence-electron chi connectivity index (χ0n) is 15.7. The molecule has 0 spiro atoms. The molecule has 0 heterocycles. The minimum atomic E-state index is 0.380. The highest BCUT2D eigenvalue weighted by Gasteiger charge is 2.23. The molecule has 0 saturated heterocycles. The van der Waals surface area contributed by atoms with Gasteiger partial charge in [-0.3, -0.25) is 0 Å². The molecule has 2 atom stereocenters. The molecular weight excluding hydrogens is 300 g/mol. The number of nitriles is 2. The van der Waals surface area contributed by atoms with Gasteiger partial charge in [0.25, 0.3) is 0 Å². The maximum Gasteiger partial charge on any atom is 0.165 e. The molecule has 0 radical (unpaired) electrons. The summed E-state index contributed by atoms with van der Waals surface area (Å²) in [6.45, 7) is 13.2. The lowest BCUT2D eigenvalue weighted by Crippen LogP contribution is -2.14. The summed E-state index contributed by atoms with van der Waals surface area (Å²) in [5.41, 5.74) is 2.12. The average molecular weight is 328 g/mol. The standard InChI is InChI=1S/C20H28N2O2/c1-7-13(3)11-23-19-15(5)17(9-21)18(10-22)16(6)20(19)24-12-14(4)8-2/h13-14H,7-8,11-12H2,1-6H3/t13-,14-/m0/s1. The summed E-state index contributed by atoms with van der Waals surface area (Å²) < 4.78 is 12.0. The van der Waals surface area contributed by atoms with Crippen LogP contribution in [-0.4, -0.2) is 13.2 Å². The first-order chi connectivity index (χ1) is 11.4. The van der Waals surface area contributed by atoms with Gasteiger partial charge in [0.2, 0.25) is 0 Å². The molecule has 4 nitrogen and oxygen atoms in total. The third-order valence-corrected chi connectivity index (χ3v) is 4.53. The van der Waals surface area contributed by atoms with Crippen LogP contribution in [0.1, 0.15) is 62.8 Å². The Labute approximate surface area is 146 Å². The van der Waals surface area contributed by atoms with Crippen molar-refractivity contribution in [2.24, 2.45) is 11.8 Å². The van der Waals surface area contributed by atoms with Crippen molar-refractivity contribution in [1.29, 1.82) is 10.5 Å². The SMILES string of the molecule is CC[C@H](C)COc1c(C)c(C#N)c(C#N)c(C)c1OC[C@@H](C)CC. The predicted molar refractivity (Wildman–Crippen MR) is 95.2 cm³/mol. The van der Waals surface area contributed by atoms with Gasteiger partial charge in [0.15, 0.2) is 11.5 Å². The highest BCUT2D eigenvalue weighted by Crippen LogP contribution is 2.40. The van der Waals surface area contributed by atoms with Crippen LogP contribution in [-0.2, 0) is 0 Å². The van der Waals surface area contributed by atoms with E-state index in [1.807, 2.05) is 13.8 Å². The molecule has 24 heavy (non-hydrogen) atoms. The maximum absolute atomic E-state index is 9.45. The Morgan fingerprint density at radius 2 is 1.12 bits per heavy atom. The summed E-state index contributed by atoms with van der Waals surface area (Å²) in [6, 6.07) is 4.29. The van der Waals surface area contributed by atoms with Crippen LogP contribution in [0.2, 0.25) is 0 Å². The maximum atomic E-state index is 9.45. The fourth-order valence-electron chi connectivity index (χ4n) is 2.26. The molecule has 0 N–H and O–H groups in total. The van der Waals surface area contributed by atoms with Gasteiger partial charge in [-0.2, -0.15) is 10.5 Å². The van der Waals surface area contributed by atoms with Gasteiger partial charge in [0.05, 0.1) is 24.3 Å². The summed E-state index contributed by atoms with van der Waals surface area (Å²) in [4.78, 5) is 0. The summed E-state index contributed by atoms with van der Waals surface area (Å²) in [7, 11) is 0. The number of benzene rings is 1. The van der Waals surface area contributed by atoms with Gasteiger partial charge in [-0.05, 0) is 25.7 Å². The summed E-state index contributed by atoms with van der Waals surface area (Å²) in [6.07, 6.45) is 2.03. The van der Waals surface area contributed by atoms with E-state index in [4.69, 9.17) is 9.47 Å². The fourth-order valence-corrected chi connectivity index (χ4v) is 2.26. The van der Waals surface area contributed by atoms with Crippen LogP contribution >= 0.6 is 0 Å². The van der Waals surface area contributed by atoms with Gasteiger partial charge >= 0.3 is 0 Å². The van der Waals surface area contributed by atoms with Crippen LogP contribution in [0.15, 0.2) is 0 Å². The smallest absolute Gasteiger partial charge is 0.165 e. The number of hydrogen-bond acceptors (Lipinski definition) is 4. The third-order valence-electron chi connectivity index (χ3n) is 4.53. The molecule has 0 aliphatic carbocycles. The molecule has 0 unspecified atom stereocenters. The number of ether oxygens (including phenoxy) is 2. The molecule has 0 aliphatic rings. The zero-order chi connectivity index (χ0) is 18.3. The first kappa shape index (κ1) is 19.8. The van der Waals surface area contributed by atoms with Crippen LogP contribution in [0.5, 0.6) is 11.5 Å². The average Bonchev–Trinajstić information content (AvgIpc) is 2.59. The van der Waals surface area contributed by atoms with Crippen molar-refractivity contribution in [1.82, 2.24) is 0 Å². The number of hydrogen-bond donors (Lipinski definition) is 0. The van der Waals surface area contributed by atoms with E-state index < -0.39 is 0 Å². The molecule has 1 aromatic rings. The fraction of sp³-hybridized carbons (Fsp3) is 0.600. The Bertz CT molecular complexity index is 596. The van der Waals surface area contributed by atoms with E-state index in [-0.39, 0.29) is 0 Å². The Morgan fingerprint density at radius 3 is 1.38 bits per heavy atom. The quantitative estimate of drug-likeness (QED) is 0.681. The Balaban J connectivity index is 3.37. The van der Waals surface area contributed by atoms with Crippen LogP contribution in [0.25, 0.3) is 0 Å². The lowest BCUT2D eigenvalue weighted by molar-refractivity contribution is 0.215. The van der Waals surface area contributed by atoms with E-state index in [1.165, 1.54) is 0 Å². The van der Waals surface area contributed by atoms with Crippen LogP contribution in [0.4, 0.5) is 0 Å². The van der Waals surface area contributed by atoms with Gasteiger partial charge in [-0.25, -0.2) is 0 Å². The third kappa shape index (κ3) is 4.42. The molecular formula is C20H28N2O2. The monoisotopic (exact) mass is 328 g/mol. The zero-order valence-corrected chi connectivity index (χ0v) is 15.7. The second-order valence-electron chi connectivity index (χ2n) is 6.53. The molecule has 0 fully saturated rings. The van der Waals surface area contributed by atoms with E-state index >= 15 is 0 Å². The van der Waals surface area contributed by atoms with Crippen LogP contribution in [0, 0.1) is 48.3 Å². The van der Waals surface area contributed by atoms with Crippen molar-refractivity contribution < 1.29 is 9.47 Å². The highest BCUT2D eigenvalue weighted by atomic mass is 16.5. The first-order valence-corrected chi connectivity index (χ1v) is 8.63. The largest absolute Gasteiger partial charge is 0.489 e. The second kappa shape index (κ2) is 9.18. The summed E-state index contributed by atoms with van der Waals surface area (Å²) in [5.74, 6) is 2.03. The Kier molecular flexibility index (Phi) is 7.59. The van der Waals surface area contributed by atoms with Crippen molar-refractivity contribution in [3.05, 3.63) is 22.3 Å². The molecule has 0 aliphatic heterocycles. The molecule has 0 amide bonds. The van der Waals surface area contributed by atoms with Crippen molar-refractivity contribution in [2.75, 3.05) is 13.2 Å². The molecule has 4 heteroatoms. The number of nitrogens with zero attached hydrogens (tertiary/aromatic N) is 2. The lowest BCUT2D eigenvalue weighted by Gasteiger charge is -2.22. The van der Waals surface area contributed by atoms with Gasteiger partial charge < -0.3 is 9.47 Å². The van der Waals surface area contributed by atoms with Crippen LogP contribution in [0.3, 0.4) is 0 Å². The van der Waals surface area contributed by atoms with Crippen molar-refractivity contribution in [2.45, 2.75) is 54.4 Å². The lowest BCUT2D eigenvalue weighted by atomic mass is 9.96. The normalized spacial score (nSPS) is 12.8. The van der Waals surface area contributed by atoms with E-state index in [9.17, 15) is 10.5 Å². The summed E-state index contributed by atoms with van der Waals surface area (Å²) >= 11 is 0. The van der Waals surface area contributed by atoms with Gasteiger partial charge in [-0.15, -0.1) is 0 Å². The molecule has 0 bridgehead atoms. The van der Waals surface area contributed by atoms with E-state index in [0.717, 1.165) is 12.8 Å². The molecule has 0 saturated carbocycles. The predicted octanol–water partition coefficient (Wildman–Crippen LogP) is 4.90. The highest BCUT2D eigenvalue weighted by molar-refractivity contribution is 5.66. The van der Waals surface area contributed by atoms with Crippen molar-refractivity contribution in [3.8, 4) is 23.6 Å². The van der Waals surface area contributed by atoms with E-state index in [1.54, 1.807) is 0 Å². The van der Waals surface area contributed by atoms with E-state index in [2.05, 4.69) is 39.8 Å². The molecule has 1 rings (SSSR count). The van der Waals surface area contributed by atoms with Gasteiger partial charge in [0.1, 0.15) is 12.1 Å².